The fraction of sp³-hybridized carbons (Fsp3) is 0.333. The van der Waals surface area contributed by atoms with Gasteiger partial charge in [-0.25, -0.2) is 4.79 Å². The number of nitrogens with zero attached hydrogens (tertiary/aromatic N) is 1. The second kappa shape index (κ2) is 8.00. The lowest BCUT2D eigenvalue weighted by molar-refractivity contribution is -0.117. The van der Waals surface area contributed by atoms with E-state index in [0.717, 1.165) is 24.9 Å². The van der Waals surface area contributed by atoms with E-state index in [1.165, 1.54) is 0 Å². The molecule has 8 heteroatoms. The first-order chi connectivity index (χ1) is 14.1. The van der Waals surface area contributed by atoms with Crippen LogP contribution in [0.25, 0.3) is 11.0 Å². The van der Waals surface area contributed by atoms with E-state index in [4.69, 9.17) is 9.47 Å². The van der Waals surface area contributed by atoms with Crippen molar-refractivity contribution in [2.45, 2.75) is 18.9 Å². The Hall–Kier alpha value is -3.26. The summed E-state index contributed by atoms with van der Waals surface area (Å²) in [6.07, 6.45) is 2.02. The predicted molar refractivity (Wildman–Crippen MR) is 111 cm³/mol. The van der Waals surface area contributed by atoms with E-state index in [1.54, 1.807) is 32.4 Å². The van der Waals surface area contributed by atoms with Crippen LogP contribution >= 0.6 is 0 Å². The number of aromatic nitrogens is 2. The zero-order chi connectivity index (χ0) is 20.4. The van der Waals surface area contributed by atoms with Gasteiger partial charge in [0.1, 0.15) is 0 Å². The molecule has 1 aliphatic rings. The summed E-state index contributed by atoms with van der Waals surface area (Å²) in [6.45, 7) is 1.15. The fourth-order valence-corrected chi connectivity index (χ4v) is 3.95. The predicted octanol–water partition coefficient (Wildman–Crippen LogP) is 2.65. The molecule has 4 rings (SSSR count). The van der Waals surface area contributed by atoms with Crippen molar-refractivity contribution in [2.24, 2.45) is 0 Å². The molecular weight excluding hydrogens is 372 g/mol. The molecule has 1 fully saturated rings. The Morgan fingerprint density at radius 2 is 1.90 bits per heavy atom. The first-order valence-corrected chi connectivity index (χ1v) is 9.55. The van der Waals surface area contributed by atoms with E-state index in [1.807, 2.05) is 18.2 Å². The van der Waals surface area contributed by atoms with Crippen molar-refractivity contribution in [1.82, 2.24) is 14.9 Å². The van der Waals surface area contributed by atoms with Gasteiger partial charge in [0.25, 0.3) is 0 Å². The lowest BCUT2D eigenvalue weighted by atomic mass is 10.0. The summed E-state index contributed by atoms with van der Waals surface area (Å²) in [5.41, 5.74) is 2.87. The van der Waals surface area contributed by atoms with Crippen molar-refractivity contribution >= 4 is 22.6 Å². The monoisotopic (exact) mass is 396 g/mol. The molecule has 1 aliphatic heterocycles. The molecular formula is C21H24N4O4. The van der Waals surface area contributed by atoms with E-state index in [2.05, 4.69) is 20.2 Å². The second-order valence-electron chi connectivity index (χ2n) is 7.13. The zero-order valence-corrected chi connectivity index (χ0v) is 16.5. The van der Waals surface area contributed by atoms with Crippen LogP contribution in [0.1, 0.15) is 24.4 Å². The van der Waals surface area contributed by atoms with E-state index >= 15 is 0 Å². The molecule has 0 aliphatic carbocycles. The van der Waals surface area contributed by atoms with Gasteiger partial charge in [-0.05, 0) is 55.3 Å². The quantitative estimate of drug-likeness (QED) is 0.595. The Labute approximate surface area is 167 Å². The number of nitrogens with one attached hydrogen (secondary N) is 3. The average molecular weight is 396 g/mol. The number of ether oxygens (including phenoxy) is 2. The third-order valence-corrected chi connectivity index (χ3v) is 5.30. The third kappa shape index (κ3) is 3.97. The Bertz CT molecular complexity index is 1090. The molecule has 0 saturated carbocycles. The molecule has 8 nitrogen and oxygen atoms in total. The highest BCUT2D eigenvalue weighted by molar-refractivity contribution is 5.94. The summed E-state index contributed by atoms with van der Waals surface area (Å²) >= 11 is 0. The highest BCUT2D eigenvalue weighted by Crippen LogP contribution is 2.36. The maximum atomic E-state index is 12.6. The van der Waals surface area contributed by atoms with Crippen LogP contribution < -0.4 is 20.5 Å². The van der Waals surface area contributed by atoms with Crippen LogP contribution in [0.2, 0.25) is 0 Å². The number of anilines is 1. The lowest BCUT2D eigenvalue weighted by Gasteiger charge is -2.25. The molecule has 0 bridgehead atoms. The van der Waals surface area contributed by atoms with E-state index in [-0.39, 0.29) is 17.6 Å². The van der Waals surface area contributed by atoms with Crippen LogP contribution in [0.15, 0.2) is 41.2 Å². The van der Waals surface area contributed by atoms with Gasteiger partial charge < -0.3 is 24.8 Å². The van der Waals surface area contributed by atoms with Gasteiger partial charge in [0.2, 0.25) is 5.91 Å². The minimum atomic E-state index is -0.265. The minimum absolute atomic E-state index is 0.0883. The van der Waals surface area contributed by atoms with Crippen molar-refractivity contribution in [3.05, 3.63) is 52.4 Å². The molecule has 0 radical (unpaired) electrons. The standard InChI is InChI=1S/C21H24N4O4/c1-28-18-8-5-13(10-19(18)29-2)17-4-3-9-25(17)12-20(26)22-14-6-7-15-16(11-14)24-21(27)23-15/h5-8,10-11,17H,3-4,9,12H2,1-2H3,(H,22,26)(H2,23,24,27). The number of fused-ring (bicyclic) bond motifs is 1. The van der Waals surface area contributed by atoms with Gasteiger partial charge >= 0.3 is 5.69 Å². The van der Waals surface area contributed by atoms with Gasteiger partial charge in [-0.1, -0.05) is 6.07 Å². The highest BCUT2D eigenvalue weighted by Gasteiger charge is 2.28. The molecule has 3 aromatic rings. The largest absolute Gasteiger partial charge is 0.493 e. The molecule has 3 N–H and O–H groups in total. The van der Waals surface area contributed by atoms with Crippen LogP contribution in [0.3, 0.4) is 0 Å². The summed E-state index contributed by atoms with van der Waals surface area (Å²) < 4.78 is 10.7. The number of H-pyrrole nitrogens is 2. The number of amides is 1. The van der Waals surface area contributed by atoms with Crippen molar-refractivity contribution in [3.8, 4) is 11.5 Å². The smallest absolute Gasteiger partial charge is 0.323 e. The second-order valence-corrected chi connectivity index (χ2v) is 7.13. The normalized spacial score (nSPS) is 16.8. The number of carbonyl (C=O) groups is 1. The van der Waals surface area contributed by atoms with Crippen molar-refractivity contribution in [3.63, 3.8) is 0 Å². The van der Waals surface area contributed by atoms with Gasteiger partial charge in [0.15, 0.2) is 11.5 Å². The summed E-state index contributed by atoms with van der Waals surface area (Å²) in [6, 6.07) is 11.4. The number of aromatic amines is 2. The number of methoxy groups -OCH3 is 2. The molecule has 2 aromatic carbocycles. The van der Waals surface area contributed by atoms with Crippen LogP contribution in [-0.2, 0) is 4.79 Å². The number of carbonyl (C=O) groups excluding carboxylic acids is 1. The Morgan fingerprint density at radius 1 is 1.10 bits per heavy atom. The first-order valence-electron chi connectivity index (χ1n) is 9.55. The molecule has 0 spiro atoms. The summed E-state index contributed by atoms with van der Waals surface area (Å²) in [4.78, 5) is 31.6. The van der Waals surface area contributed by atoms with E-state index in [9.17, 15) is 9.59 Å². The van der Waals surface area contributed by atoms with Gasteiger partial charge in [-0.3, -0.25) is 9.69 Å². The minimum Gasteiger partial charge on any atom is -0.493 e. The Morgan fingerprint density at radius 3 is 2.69 bits per heavy atom. The number of imidazole rings is 1. The molecule has 1 unspecified atom stereocenters. The third-order valence-electron chi connectivity index (χ3n) is 5.30. The molecule has 29 heavy (non-hydrogen) atoms. The number of benzene rings is 2. The van der Waals surface area contributed by atoms with Gasteiger partial charge in [-0.15, -0.1) is 0 Å². The Kier molecular flexibility index (Phi) is 5.26. The lowest BCUT2D eigenvalue weighted by Crippen LogP contribution is -2.32. The number of rotatable bonds is 6. The van der Waals surface area contributed by atoms with E-state index in [0.29, 0.717) is 34.8 Å². The summed E-state index contributed by atoms with van der Waals surface area (Å²) in [5.74, 6) is 1.29. The maximum Gasteiger partial charge on any atom is 0.323 e. The van der Waals surface area contributed by atoms with Crippen molar-refractivity contribution < 1.29 is 14.3 Å². The molecule has 152 valence electrons. The zero-order valence-electron chi connectivity index (χ0n) is 16.5. The maximum absolute atomic E-state index is 12.6. The van der Waals surface area contributed by atoms with Crippen LogP contribution in [-0.4, -0.2) is 48.1 Å². The fourth-order valence-electron chi connectivity index (χ4n) is 3.95. The highest BCUT2D eigenvalue weighted by atomic mass is 16.5. The number of hydrogen-bond acceptors (Lipinski definition) is 5. The Balaban J connectivity index is 1.46. The average Bonchev–Trinajstić information content (AvgIpc) is 3.32. The van der Waals surface area contributed by atoms with Gasteiger partial charge in [-0.2, -0.15) is 0 Å². The molecule has 1 atom stereocenters. The van der Waals surface area contributed by atoms with Gasteiger partial charge in [0, 0.05) is 11.7 Å². The van der Waals surface area contributed by atoms with Crippen molar-refractivity contribution in [1.29, 1.82) is 0 Å². The van der Waals surface area contributed by atoms with Crippen molar-refractivity contribution in [2.75, 3.05) is 32.6 Å². The number of likely N-dealkylation sites (tertiary alicyclic amines) is 1. The summed E-state index contributed by atoms with van der Waals surface area (Å²) in [5, 5.41) is 2.92. The molecule has 2 heterocycles. The number of hydrogen-bond donors (Lipinski definition) is 3. The van der Waals surface area contributed by atoms with Crippen LogP contribution in [0.5, 0.6) is 11.5 Å². The topological polar surface area (TPSA) is 99.5 Å². The SMILES string of the molecule is COc1ccc(C2CCCN2CC(=O)Nc2ccc3[nH]c(=O)[nH]c3c2)cc1OC. The first kappa shape index (κ1) is 19.1. The van der Waals surface area contributed by atoms with Crippen LogP contribution in [0, 0.1) is 0 Å². The van der Waals surface area contributed by atoms with Crippen LogP contribution in [0.4, 0.5) is 5.69 Å². The summed E-state index contributed by atoms with van der Waals surface area (Å²) in [7, 11) is 3.24. The van der Waals surface area contributed by atoms with E-state index < -0.39 is 0 Å². The molecule has 1 amide bonds. The molecule has 1 saturated heterocycles. The molecule has 1 aromatic heterocycles. The van der Waals surface area contributed by atoms with Gasteiger partial charge in [0.05, 0.1) is 31.8 Å².